The van der Waals surface area contributed by atoms with E-state index in [0.29, 0.717) is 13.1 Å². The van der Waals surface area contributed by atoms with E-state index in [1.165, 1.54) is 0 Å². The fourth-order valence-corrected chi connectivity index (χ4v) is 4.68. The number of hydrogen-bond donors (Lipinski definition) is 2. The van der Waals surface area contributed by atoms with E-state index in [-0.39, 0.29) is 11.9 Å². The van der Waals surface area contributed by atoms with Gasteiger partial charge in [0.25, 0.3) is 0 Å². The molecule has 2 aliphatic heterocycles. The highest BCUT2D eigenvalue weighted by atomic mass is 32.2. The van der Waals surface area contributed by atoms with Crippen molar-refractivity contribution in [2.45, 2.75) is 38.8 Å². The van der Waals surface area contributed by atoms with Crippen LogP contribution >= 0.6 is 0 Å². The summed E-state index contributed by atoms with van der Waals surface area (Å²) in [6.45, 7) is 7.45. The lowest BCUT2D eigenvalue weighted by Gasteiger charge is -2.36. The van der Waals surface area contributed by atoms with Crippen molar-refractivity contribution in [1.29, 1.82) is 0 Å². The van der Waals surface area contributed by atoms with Gasteiger partial charge in [0, 0.05) is 65.5 Å². The Kier molecular flexibility index (Phi) is 8.49. The van der Waals surface area contributed by atoms with Crippen LogP contribution in [0.4, 0.5) is 0 Å². The Hall–Kier alpha value is -1.69. The molecule has 30 heavy (non-hydrogen) atoms. The fraction of sp³-hybridized carbons (Fsp3) is 0.789. The lowest BCUT2D eigenvalue weighted by Crippen LogP contribution is -2.52. The highest BCUT2D eigenvalue weighted by Gasteiger charge is 2.21. The predicted octanol–water partition coefficient (Wildman–Crippen LogP) is 0.165. The number of sulfonamides is 1. The van der Waals surface area contributed by atoms with Gasteiger partial charge in [-0.15, -0.1) is 0 Å². The quantitative estimate of drug-likeness (QED) is 0.433. The maximum atomic E-state index is 12.3. The summed E-state index contributed by atoms with van der Waals surface area (Å²) >= 11 is 0. The number of nitrogens with zero attached hydrogens (tertiary/aromatic N) is 4. The van der Waals surface area contributed by atoms with E-state index in [4.69, 9.17) is 9.26 Å². The van der Waals surface area contributed by atoms with Crippen molar-refractivity contribution in [3.05, 3.63) is 17.5 Å². The van der Waals surface area contributed by atoms with Gasteiger partial charge in [0.15, 0.2) is 5.96 Å². The summed E-state index contributed by atoms with van der Waals surface area (Å²) in [6, 6.07) is 1.96. The Morgan fingerprint density at radius 2 is 2.10 bits per heavy atom. The van der Waals surface area contributed by atoms with Gasteiger partial charge in [-0.1, -0.05) is 5.16 Å². The third kappa shape index (κ3) is 7.22. The third-order valence-corrected chi connectivity index (χ3v) is 6.75. The molecule has 2 N–H and O–H groups in total. The van der Waals surface area contributed by atoms with Crippen LogP contribution in [0.5, 0.6) is 0 Å². The van der Waals surface area contributed by atoms with Crippen molar-refractivity contribution in [3.8, 4) is 0 Å². The van der Waals surface area contributed by atoms with Crippen LogP contribution in [0.2, 0.25) is 0 Å². The lowest BCUT2D eigenvalue weighted by atomic mass is 10.1. The molecule has 2 aliphatic rings. The van der Waals surface area contributed by atoms with Gasteiger partial charge >= 0.3 is 0 Å². The zero-order valence-electron chi connectivity index (χ0n) is 18.0. The summed E-state index contributed by atoms with van der Waals surface area (Å²) in [7, 11) is -1.62. The highest BCUT2D eigenvalue weighted by molar-refractivity contribution is 7.89. The van der Waals surface area contributed by atoms with Crippen molar-refractivity contribution < 1.29 is 17.7 Å². The molecule has 1 aromatic heterocycles. The Bertz CT molecular complexity index is 783. The van der Waals surface area contributed by atoms with Crippen LogP contribution < -0.4 is 10.0 Å². The van der Waals surface area contributed by atoms with Crippen molar-refractivity contribution in [2.75, 3.05) is 58.7 Å². The molecule has 0 aromatic carbocycles. The van der Waals surface area contributed by atoms with Crippen molar-refractivity contribution in [1.82, 2.24) is 25.0 Å². The fourth-order valence-electron chi connectivity index (χ4n) is 3.73. The average Bonchev–Trinajstić information content (AvgIpc) is 3.16. The molecule has 0 radical (unpaired) electrons. The monoisotopic (exact) mass is 442 g/mol. The summed E-state index contributed by atoms with van der Waals surface area (Å²) in [4.78, 5) is 8.79. The van der Waals surface area contributed by atoms with Crippen LogP contribution in [0.1, 0.15) is 30.7 Å². The third-order valence-electron chi connectivity index (χ3n) is 5.40. The summed E-state index contributed by atoms with van der Waals surface area (Å²) in [6.07, 6.45) is 3.05. The smallest absolute Gasteiger partial charge is 0.213 e. The first-order chi connectivity index (χ1) is 14.4. The molecule has 10 nitrogen and oxygen atoms in total. The minimum Gasteiger partial charge on any atom is -0.377 e. The number of rotatable bonds is 8. The lowest BCUT2D eigenvalue weighted by molar-refractivity contribution is 0.0200. The number of hydrogen-bond acceptors (Lipinski definition) is 7. The van der Waals surface area contributed by atoms with Gasteiger partial charge in [-0.2, -0.15) is 0 Å². The minimum atomic E-state index is -3.35. The Labute approximate surface area is 179 Å². The largest absolute Gasteiger partial charge is 0.377 e. The molecule has 11 heteroatoms. The van der Waals surface area contributed by atoms with Gasteiger partial charge in [0.05, 0.1) is 17.6 Å². The van der Waals surface area contributed by atoms with E-state index < -0.39 is 10.0 Å². The molecule has 0 aliphatic carbocycles. The van der Waals surface area contributed by atoms with Crippen LogP contribution in [0.3, 0.4) is 0 Å². The summed E-state index contributed by atoms with van der Waals surface area (Å²) in [5, 5.41) is 7.23. The van der Waals surface area contributed by atoms with E-state index in [1.54, 1.807) is 7.05 Å². The molecule has 0 bridgehead atoms. The number of guanidine groups is 1. The maximum Gasteiger partial charge on any atom is 0.213 e. The number of piperazine rings is 1. The SMILES string of the molecule is CN=C(NCCS(=O)(=O)NCC1CCCCO1)N1CCN(Cc2cc(C)on2)CC1. The normalized spacial score (nSPS) is 21.7. The topological polar surface area (TPSA) is 112 Å². The molecular weight excluding hydrogens is 408 g/mol. The van der Waals surface area contributed by atoms with Gasteiger partial charge in [0.2, 0.25) is 10.0 Å². The molecule has 2 saturated heterocycles. The molecule has 3 heterocycles. The van der Waals surface area contributed by atoms with Crippen LogP contribution in [0.25, 0.3) is 0 Å². The molecule has 0 saturated carbocycles. The molecule has 170 valence electrons. The van der Waals surface area contributed by atoms with Gasteiger partial charge in [-0.25, -0.2) is 13.1 Å². The number of aliphatic imine (C=N–C) groups is 1. The van der Waals surface area contributed by atoms with E-state index >= 15 is 0 Å². The second-order valence-corrected chi connectivity index (χ2v) is 9.75. The molecular formula is C19H34N6O4S. The van der Waals surface area contributed by atoms with Crippen molar-refractivity contribution in [3.63, 3.8) is 0 Å². The second-order valence-electron chi connectivity index (χ2n) is 7.82. The van der Waals surface area contributed by atoms with Crippen LogP contribution in [-0.4, -0.2) is 94.1 Å². The first-order valence-corrected chi connectivity index (χ1v) is 12.3. The molecule has 1 unspecified atom stereocenters. The maximum absolute atomic E-state index is 12.3. The van der Waals surface area contributed by atoms with Crippen LogP contribution in [-0.2, 0) is 21.3 Å². The Morgan fingerprint density at radius 1 is 1.30 bits per heavy atom. The zero-order valence-corrected chi connectivity index (χ0v) is 18.8. The van der Waals surface area contributed by atoms with Crippen LogP contribution in [0, 0.1) is 6.92 Å². The van der Waals surface area contributed by atoms with Gasteiger partial charge in [0.1, 0.15) is 5.76 Å². The molecule has 3 rings (SSSR count). The van der Waals surface area contributed by atoms with Crippen molar-refractivity contribution >= 4 is 16.0 Å². The predicted molar refractivity (Wildman–Crippen MR) is 115 cm³/mol. The second kappa shape index (κ2) is 11.1. The minimum absolute atomic E-state index is 0.00418. The number of aryl methyl sites for hydroxylation is 1. The van der Waals surface area contributed by atoms with Gasteiger partial charge in [-0.3, -0.25) is 9.89 Å². The summed E-state index contributed by atoms with van der Waals surface area (Å²) in [5.41, 5.74) is 0.944. The van der Waals surface area contributed by atoms with E-state index in [1.807, 2.05) is 13.0 Å². The number of aromatic nitrogens is 1. The van der Waals surface area contributed by atoms with Gasteiger partial charge < -0.3 is 19.5 Å². The van der Waals surface area contributed by atoms with E-state index in [9.17, 15) is 8.42 Å². The summed E-state index contributed by atoms with van der Waals surface area (Å²) < 4.78 is 37.9. The van der Waals surface area contributed by atoms with Crippen LogP contribution in [0.15, 0.2) is 15.6 Å². The molecule has 1 atom stereocenters. The van der Waals surface area contributed by atoms with Crippen molar-refractivity contribution in [2.24, 2.45) is 4.99 Å². The molecule has 0 amide bonds. The van der Waals surface area contributed by atoms with Gasteiger partial charge in [-0.05, 0) is 26.2 Å². The molecule has 1 aromatic rings. The summed E-state index contributed by atoms with van der Waals surface area (Å²) in [5.74, 6) is 1.56. The molecule has 2 fully saturated rings. The van der Waals surface area contributed by atoms with E-state index in [2.05, 4.69) is 30.0 Å². The average molecular weight is 443 g/mol. The number of nitrogens with one attached hydrogen (secondary N) is 2. The number of ether oxygens (including phenoxy) is 1. The molecule has 0 spiro atoms. The first-order valence-electron chi connectivity index (χ1n) is 10.6. The highest BCUT2D eigenvalue weighted by Crippen LogP contribution is 2.12. The van der Waals surface area contributed by atoms with E-state index in [0.717, 1.165) is 76.0 Å². The Morgan fingerprint density at radius 3 is 2.73 bits per heavy atom. The first kappa shape index (κ1) is 23.0. The zero-order chi connectivity index (χ0) is 21.4. The Balaban J connectivity index is 1.36. The standard InChI is InChI=1S/C19H34N6O4S/c1-16-13-17(23-29-16)15-24-7-9-25(10-8-24)19(20-2)21-6-12-30(26,27)22-14-18-5-3-4-11-28-18/h13,18,22H,3-12,14-15H2,1-2H3,(H,20,21).